The van der Waals surface area contributed by atoms with Crippen molar-refractivity contribution >= 4 is 5.91 Å². The van der Waals surface area contributed by atoms with Crippen molar-refractivity contribution in [3.05, 3.63) is 17.7 Å². The fourth-order valence-electron chi connectivity index (χ4n) is 2.83. The summed E-state index contributed by atoms with van der Waals surface area (Å²) in [5.41, 5.74) is -0.862. The lowest BCUT2D eigenvalue weighted by Crippen LogP contribution is -2.40. The summed E-state index contributed by atoms with van der Waals surface area (Å²) in [5, 5.41) is 0. The number of likely N-dealkylation sites (N-methyl/N-ethyl adjacent to an activating group) is 1. The maximum Gasteiger partial charge on any atom is 0.434 e. The van der Waals surface area contributed by atoms with Crippen LogP contribution in [0.4, 0.5) is 13.2 Å². The van der Waals surface area contributed by atoms with Gasteiger partial charge in [-0.05, 0) is 19.3 Å². The summed E-state index contributed by atoms with van der Waals surface area (Å²) in [6.45, 7) is 2.54. The Bertz CT molecular complexity index is 633. The zero-order valence-electron chi connectivity index (χ0n) is 13.6. The minimum absolute atomic E-state index is 0.0583. The number of carbonyl (C=O) groups is 1. The van der Waals surface area contributed by atoms with Crippen LogP contribution in [0.3, 0.4) is 0 Å². The first-order valence-corrected chi connectivity index (χ1v) is 7.65. The van der Waals surface area contributed by atoms with E-state index in [-0.39, 0.29) is 18.4 Å². The van der Waals surface area contributed by atoms with Gasteiger partial charge < -0.3 is 14.2 Å². The van der Waals surface area contributed by atoms with Crippen LogP contribution in [0.15, 0.2) is 6.20 Å². The standard InChI is InChI=1S/C16H20F3N3O2/c1-4-7-24-11(2)15(23)21(3)8-12-5-6-14-20-13(16(17,18)19)10-22(14)9-12/h1,10-12H,5-9H2,2-3H3. The second kappa shape index (κ2) is 7.26. The van der Waals surface area contributed by atoms with Gasteiger partial charge in [-0.15, -0.1) is 6.42 Å². The molecule has 5 nitrogen and oxygen atoms in total. The number of fused-ring (bicyclic) bond motifs is 1. The van der Waals surface area contributed by atoms with E-state index in [9.17, 15) is 18.0 Å². The minimum Gasteiger partial charge on any atom is -0.356 e. The molecule has 0 bridgehead atoms. The SMILES string of the molecule is C#CCOC(C)C(=O)N(C)CC1CCc2nc(C(F)(F)F)cn2C1. The number of hydrogen-bond acceptors (Lipinski definition) is 3. The van der Waals surface area contributed by atoms with Crippen LogP contribution < -0.4 is 0 Å². The number of rotatable bonds is 5. The van der Waals surface area contributed by atoms with Crippen molar-refractivity contribution < 1.29 is 22.7 Å². The van der Waals surface area contributed by atoms with Crippen molar-refractivity contribution in [3.8, 4) is 12.3 Å². The zero-order valence-corrected chi connectivity index (χ0v) is 13.6. The molecule has 0 spiro atoms. The van der Waals surface area contributed by atoms with E-state index in [0.717, 1.165) is 6.20 Å². The fraction of sp³-hybridized carbons (Fsp3) is 0.625. The summed E-state index contributed by atoms with van der Waals surface area (Å²) < 4.78 is 44.9. The molecule has 0 aromatic carbocycles. The Morgan fingerprint density at radius 1 is 1.62 bits per heavy atom. The molecule has 1 aliphatic heterocycles. The average molecular weight is 343 g/mol. The molecule has 2 unspecified atom stereocenters. The smallest absolute Gasteiger partial charge is 0.356 e. The molecule has 132 valence electrons. The molecule has 8 heteroatoms. The predicted octanol–water partition coefficient (Wildman–Crippen LogP) is 1.96. The Hall–Kier alpha value is -2.01. The van der Waals surface area contributed by atoms with Crippen LogP contribution in [0.2, 0.25) is 0 Å². The number of ether oxygens (including phenoxy) is 1. The van der Waals surface area contributed by atoms with Crippen molar-refractivity contribution in [2.75, 3.05) is 20.2 Å². The van der Waals surface area contributed by atoms with E-state index in [1.807, 2.05) is 0 Å². The van der Waals surface area contributed by atoms with Gasteiger partial charge in [0, 0.05) is 32.8 Å². The van der Waals surface area contributed by atoms with Crippen molar-refractivity contribution in [1.82, 2.24) is 14.5 Å². The summed E-state index contributed by atoms with van der Waals surface area (Å²) in [7, 11) is 1.66. The molecule has 0 aliphatic carbocycles. The number of aryl methyl sites for hydroxylation is 1. The highest BCUT2D eigenvalue weighted by Gasteiger charge is 2.36. The van der Waals surface area contributed by atoms with Crippen LogP contribution in [0.1, 0.15) is 24.9 Å². The van der Waals surface area contributed by atoms with E-state index in [0.29, 0.717) is 31.8 Å². The largest absolute Gasteiger partial charge is 0.434 e. The Morgan fingerprint density at radius 2 is 2.33 bits per heavy atom. The number of halogens is 3. The molecule has 1 aromatic heterocycles. The van der Waals surface area contributed by atoms with Gasteiger partial charge in [0.1, 0.15) is 18.5 Å². The Kier molecular flexibility index (Phi) is 5.54. The Balaban J connectivity index is 1.95. The van der Waals surface area contributed by atoms with Crippen molar-refractivity contribution in [1.29, 1.82) is 0 Å². The summed E-state index contributed by atoms with van der Waals surface area (Å²) in [6, 6.07) is 0. The topological polar surface area (TPSA) is 47.4 Å². The van der Waals surface area contributed by atoms with Crippen LogP contribution in [0.25, 0.3) is 0 Å². The first-order valence-electron chi connectivity index (χ1n) is 7.65. The number of alkyl halides is 3. The van der Waals surface area contributed by atoms with Crippen LogP contribution in [0, 0.1) is 18.3 Å². The van der Waals surface area contributed by atoms with Gasteiger partial charge in [0.15, 0.2) is 5.69 Å². The number of terminal acetylenes is 1. The van der Waals surface area contributed by atoms with E-state index in [2.05, 4.69) is 10.9 Å². The summed E-state index contributed by atoms with van der Waals surface area (Å²) in [6.07, 6.45) is 2.21. The Morgan fingerprint density at radius 3 is 2.96 bits per heavy atom. The molecule has 2 heterocycles. The summed E-state index contributed by atoms with van der Waals surface area (Å²) >= 11 is 0. The van der Waals surface area contributed by atoms with Gasteiger partial charge in [-0.3, -0.25) is 4.79 Å². The zero-order chi connectivity index (χ0) is 17.9. The van der Waals surface area contributed by atoms with Crippen LogP contribution in [0.5, 0.6) is 0 Å². The van der Waals surface area contributed by atoms with E-state index in [1.54, 1.807) is 18.9 Å². The summed E-state index contributed by atoms with van der Waals surface area (Å²) in [4.78, 5) is 17.4. The van der Waals surface area contributed by atoms with Gasteiger partial charge in [-0.2, -0.15) is 13.2 Å². The van der Waals surface area contributed by atoms with Gasteiger partial charge in [-0.1, -0.05) is 5.92 Å². The molecule has 0 saturated heterocycles. The lowest BCUT2D eigenvalue weighted by Gasteiger charge is -2.29. The van der Waals surface area contributed by atoms with E-state index >= 15 is 0 Å². The van der Waals surface area contributed by atoms with Crippen molar-refractivity contribution in [2.45, 2.75) is 38.6 Å². The van der Waals surface area contributed by atoms with Crippen LogP contribution in [-0.4, -0.2) is 46.7 Å². The third-order valence-corrected chi connectivity index (χ3v) is 4.05. The number of amides is 1. The maximum atomic E-state index is 12.7. The predicted molar refractivity (Wildman–Crippen MR) is 80.9 cm³/mol. The molecule has 2 rings (SSSR count). The van der Waals surface area contributed by atoms with Crippen LogP contribution >= 0.6 is 0 Å². The molecule has 1 aromatic rings. The molecular weight excluding hydrogens is 323 g/mol. The van der Waals surface area contributed by atoms with E-state index in [4.69, 9.17) is 11.2 Å². The van der Waals surface area contributed by atoms with Gasteiger partial charge in [0.05, 0.1) is 0 Å². The number of hydrogen-bond donors (Lipinski definition) is 0. The maximum absolute atomic E-state index is 12.7. The van der Waals surface area contributed by atoms with E-state index < -0.39 is 18.0 Å². The van der Waals surface area contributed by atoms with E-state index in [1.165, 1.54) is 4.57 Å². The minimum atomic E-state index is -4.43. The molecule has 1 amide bonds. The van der Waals surface area contributed by atoms with Crippen LogP contribution in [-0.2, 0) is 28.7 Å². The van der Waals surface area contributed by atoms with Crippen molar-refractivity contribution in [3.63, 3.8) is 0 Å². The fourth-order valence-corrected chi connectivity index (χ4v) is 2.83. The second-order valence-corrected chi connectivity index (χ2v) is 5.97. The third kappa shape index (κ3) is 4.29. The third-order valence-electron chi connectivity index (χ3n) is 4.05. The molecular formula is C16H20F3N3O2. The highest BCUT2D eigenvalue weighted by atomic mass is 19.4. The molecule has 0 radical (unpaired) electrons. The second-order valence-electron chi connectivity index (χ2n) is 5.97. The number of nitrogens with zero attached hydrogens (tertiary/aromatic N) is 3. The van der Waals surface area contributed by atoms with Crippen molar-refractivity contribution in [2.24, 2.45) is 5.92 Å². The molecule has 0 fully saturated rings. The Labute approximate surface area is 138 Å². The average Bonchev–Trinajstić information content (AvgIpc) is 2.95. The van der Waals surface area contributed by atoms with Gasteiger partial charge in [0.2, 0.25) is 0 Å². The molecule has 24 heavy (non-hydrogen) atoms. The number of carbonyl (C=O) groups excluding carboxylic acids is 1. The normalized spacial score (nSPS) is 18.6. The number of imidazole rings is 1. The molecule has 1 aliphatic rings. The first-order chi connectivity index (χ1) is 11.2. The lowest BCUT2D eigenvalue weighted by molar-refractivity contribution is -0.141. The highest BCUT2D eigenvalue weighted by Crippen LogP contribution is 2.30. The molecule has 0 saturated carbocycles. The number of aromatic nitrogens is 2. The lowest BCUT2D eigenvalue weighted by atomic mass is 9.99. The highest BCUT2D eigenvalue weighted by molar-refractivity contribution is 5.80. The quantitative estimate of drug-likeness (QED) is 0.768. The van der Waals surface area contributed by atoms with Gasteiger partial charge in [-0.25, -0.2) is 4.98 Å². The molecule has 2 atom stereocenters. The molecule has 0 N–H and O–H groups in total. The van der Waals surface area contributed by atoms with Gasteiger partial charge in [0.25, 0.3) is 5.91 Å². The summed E-state index contributed by atoms with van der Waals surface area (Å²) in [5.74, 6) is 2.62. The monoisotopic (exact) mass is 343 g/mol. The first kappa shape index (κ1) is 18.3. The van der Waals surface area contributed by atoms with Gasteiger partial charge >= 0.3 is 6.18 Å².